The summed E-state index contributed by atoms with van der Waals surface area (Å²) >= 11 is 0. The second-order valence-corrected chi connectivity index (χ2v) is 10.5. The highest BCUT2D eigenvalue weighted by atomic mass is 19.1. The molecule has 0 radical (unpaired) electrons. The van der Waals surface area contributed by atoms with Crippen LogP contribution in [0.2, 0.25) is 0 Å². The smallest absolute Gasteiger partial charge is 0.159 e. The van der Waals surface area contributed by atoms with E-state index in [2.05, 4.69) is 30.6 Å². The van der Waals surface area contributed by atoms with Gasteiger partial charge in [0.1, 0.15) is 11.9 Å². The summed E-state index contributed by atoms with van der Waals surface area (Å²) in [5, 5.41) is 9.31. The molecule has 4 rings (SSSR count). The molecule has 0 bridgehead atoms. The van der Waals surface area contributed by atoms with Gasteiger partial charge in [0.2, 0.25) is 0 Å². The van der Waals surface area contributed by atoms with Crippen LogP contribution in [0, 0.1) is 47.4 Å². The van der Waals surface area contributed by atoms with Gasteiger partial charge in [-0.05, 0) is 82.1 Å². The lowest BCUT2D eigenvalue weighted by Crippen LogP contribution is -2.32. The van der Waals surface area contributed by atoms with Crippen LogP contribution in [-0.4, -0.2) is 49.7 Å². The molecule has 3 unspecified atom stereocenters. The summed E-state index contributed by atoms with van der Waals surface area (Å²) in [7, 11) is 0. The number of allylic oxidation sites excluding steroid dienone is 1. The molecule has 2 aliphatic heterocycles. The van der Waals surface area contributed by atoms with Gasteiger partial charge in [0.25, 0.3) is 0 Å². The van der Waals surface area contributed by atoms with Crippen LogP contribution in [0.15, 0.2) is 11.4 Å². The predicted octanol–water partition coefficient (Wildman–Crippen LogP) is 5.12. The van der Waals surface area contributed by atoms with Gasteiger partial charge >= 0.3 is 0 Å². The van der Waals surface area contributed by atoms with Crippen LogP contribution >= 0.6 is 0 Å². The normalized spacial score (nSPS) is 35.8. The highest BCUT2D eigenvalue weighted by Crippen LogP contribution is 2.52. The second-order valence-electron chi connectivity index (χ2n) is 10.5. The molecule has 0 spiro atoms. The van der Waals surface area contributed by atoms with Crippen LogP contribution in [-0.2, 0) is 18.9 Å². The lowest BCUT2D eigenvalue weighted by molar-refractivity contribution is -0.192. The molecule has 0 amide bonds. The van der Waals surface area contributed by atoms with Crippen molar-refractivity contribution in [1.29, 1.82) is 0 Å². The molecule has 194 valence electrons. The van der Waals surface area contributed by atoms with Crippen molar-refractivity contribution in [3.63, 3.8) is 0 Å². The molecular weight excluding hydrogens is 447 g/mol. The third kappa shape index (κ3) is 7.09. The summed E-state index contributed by atoms with van der Waals surface area (Å²) in [5.41, 5.74) is 0.747. The van der Waals surface area contributed by atoms with E-state index in [0.717, 1.165) is 63.7 Å². The zero-order valence-electron chi connectivity index (χ0n) is 21.3. The van der Waals surface area contributed by atoms with Gasteiger partial charge in [-0.2, -0.15) is 0 Å². The van der Waals surface area contributed by atoms with Crippen molar-refractivity contribution in [1.82, 2.24) is 0 Å². The van der Waals surface area contributed by atoms with Gasteiger partial charge < -0.3 is 24.1 Å². The van der Waals surface area contributed by atoms with Crippen LogP contribution in [0.1, 0.15) is 78.1 Å². The molecule has 0 aromatic rings. The Kier molecular flexibility index (Phi) is 10.1. The fourth-order valence-electron chi connectivity index (χ4n) is 5.93. The Morgan fingerprint density at radius 3 is 2.51 bits per heavy atom. The number of ether oxygens (including phenoxy) is 4. The first-order valence-electron chi connectivity index (χ1n) is 13.5. The molecule has 2 saturated heterocycles. The highest BCUT2D eigenvalue weighted by Gasteiger charge is 2.48. The molecule has 0 aromatic heterocycles. The fraction of sp³-hybridized carbons (Fsp3) is 0.793. The number of aliphatic hydroxyl groups excluding tert-OH is 1. The molecule has 2 heterocycles. The Balaban J connectivity index is 1.53. The highest BCUT2D eigenvalue weighted by molar-refractivity contribution is 5.24. The summed E-state index contributed by atoms with van der Waals surface area (Å²) in [6.45, 7) is 4.92. The van der Waals surface area contributed by atoms with Gasteiger partial charge in [-0.3, -0.25) is 0 Å². The van der Waals surface area contributed by atoms with E-state index >= 15 is 0 Å². The molecular formula is C29H41FO5. The monoisotopic (exact) mass is 488 g/mol. The number of fused-ring (bicyclic) bond motifs is 1. The number of halogens is 1. The molecule has 6 heteroatoms. The average Bonchev–Trinajstić information content (AvgIpc) is 3.44. The number of rotatable bonds is 7. The minimum Gasteiger partial charge on any atom is -0.389 e. The lowest BCUT2D eigenvalue weighted by atomic mass is 9.90. The topological polar surface area (TPSA) is 57.2 Å². The third-order valence-corrected chi connectivity index (χ3v) is 7.93. The van der Waals surface area contributed by atoms with Crippen molar-refractivity contribution in [3.05, 3.63) is 11.4 Å². The average molecular weight is 489 g/mol. The minimum atomic E-state index is -0.520. The van der Waals surface area contributed by atoms with E-state index in [0.29, 0.717) is 25.2 Å². The van der Waals surface area contributed by atoms with E-state index < -0.39 is 6.61 Å². The molecule has 4 aliphatic rings. The maximum Gasteiger partial charge on any atom is 0.159 e. The molecule has 0 aromatic carbocycles. The maximum absolute atomic E-state index is 14.2. The number of aliphatic hydroxyl groups is 1. The van der Waals surface area contributed by atoms with Crippen LogP contribution in [0.4, 0.5) is 4.39 Å². The zero-order chi connectivity index (χ0) is 24.6. The Bertz CT molecular complexity index is 837. The van der Waals surface area contributed by atoms with E-state index in [1.54, 1.807) is 0 Å². The van der Waals surface area contributed by atoms with E-state index in [4.69, 9.17) is 18.9 Å². The number of hydrogen-bond acceptors (Lipinski definition) is 5. The first-order chi connectivity index (χ1) is 17.1. The van der Waals surface area contributed by atoms with Gasteiger partial charge in [0.05, 0.1) is 18.6 Å². The standard InChI is InChI=1S/C29H41FO5/c1-3-4-9-20(2)26(34-28-10-5-7-14-32-28)13-12-23-24-17-22(25(30)19-31)16-21(24)18-27(23)35-29-11-6-8-15-33-29/h20-21,23-24,26-29,31H,5-11,14-19H2,1-2H3/b25-22-/t20?,21-,23+,24-,26+,27+,28?,29?/m0/s1. The molecule has 2 saturated carbocycles. The molecule has 5 nitrogen and oxygen atoms in total. The number of hydrogen-bond donors (Lipinski definition) is 1. The van der Waals surface area contributed by atoms with Crippen LogP contribution in [0.25, 0.3) is 0 Å². The Hall–Kier alpha value is -1.41. The van der Waals surface area contributed by atoms with Gasteiger partial charge in [0.15, 0.2) is 12.6 Å². The van der Waals surface area contributed by atoms with Crippen LogP contribution < -0.4 is 0 Å². The van der Waals surface area contributed by atoms with Crippen molar-refractivity contribution < 1.29 is 28.4 Å². The second kappa shape index (κ2) is 13.2. The molecule has 8 atom stereocenters. The zero-order valence-corrected chi connectivity index (χ0v) is 21.3. The van der Waals surface area contributed by atoms with Gasteiger partial charge in [-0.1, -0.05) is 18.8 Å². The summed E-state index contributed by atoms with van der Waals surface area (Å²) in [6.07, 6.45) is 8.32. The largest absolute Gasteiger partial charge is 0.389 e. The summed E-state index contributed by atoms with van der Waals surface area (Å²) in [6, 6.07) is 0. The molecule has 1 N–H and O–H groups in total. The Morgan fingerprint density at radius 1 is 1.11 bits per heavy atom. The third-order valence-electron chi connectivity index (χ3n) is 7.93. The predicted molar refractivity (Wildman–Crippen MR) is 131 cm³/mol. The first-order valence-corrected chi connectivity index (χ1v) is 13.5. The van der Waals surface area contributed by atoms with Crippen LogP contribution in [0.3, 0.4) is 0 Å². The van der Waals surface area contributed by atoms with Crippen molar-refractivity contribution in [2.24, 2.45) is 23.7 Å². The van der Waals surface area contributed by atoms with Gasteiger partial charge in [-0.15, -0.1) is 11.8 Å². The van der Waals surface area contributed by atoms with Crippen LogP contribution in [0.5, 0.6) is 0 Å². The van der Waals surface area contributed by atoms with Crippen molar-refractivity contribution in [2.75, 3.05) is 19.8 Å². The minimum absolute atomic E-state index is 0.0163. The maximum atomic E-state index is 14.2. The summed E-state index contributed by atoms with van der Waals surface area (Å²) < 4.78 is 38.8. The van der Waals surface area contributed by atoms with Gasteiger partial charge in [0, 0.05) is 25.6 Å². The molecule has 35 heavy (non-hydrogen) atoms. The van der Waals surface area contributed by atoms with Gasteiger partial charge in [-0.25, -0.2) is 4.39 Å². The van der Waals surface area contributed by atoms with E-state index in [1.165, 1.54) is 0 Å². The van der Waals surface area contributed by atoms with E-state index in [-0.39, 0.29) is 48.4 Å². The Morgan fingerprint density at radius 2 is 1.86 bits per heavy atom. The van der Waals surface area contributed by atoms with E-state index in [1.807, 2.05) is 6.92 Å². The SMILES string of the molecule is CC#CCC(C)[C@@H](C#C[C@@H]1[C@H]2C/C(=C(\F)CO)C[C@H]2C[C@H]1OC1CCCCO1)OC1CCCCO1. The van der Waals surface area contributed by atoms with Crippen molar-refractivity contribution in [2.45, 2.75) is 103 Å². The van der Waals surface area contributed by atoms with E-state index in [9.17, 15) is 9.50 Å². The van der Waals surface area contributed by atoms with Crippen molar-refractivity contribution >= 4 is 0 Å². The molecule has 2 aliphatic carbocycles. The Labute approximate surface area is 210 Å². The van der Waals surface area contributed by atoms with Crippen molar-refractivity contribution in [3.8, 4) is 23.7 Å². The fourth-order valence-corrected chi connectivity index (χ4v) is 5.93. The summed E-state index contributed by atoms with van der Waals surface area (Å²) in [4.78, 5) is 0. The lowest BCUT2D eigenvalue weighted by Gasteiger charge is -2.29. The quantitative estimate of drug-likeness (QED) is 0.504. The molecule has 4 fully saturated rings. The summed E-state index contributed by atoms with van der Waals surface area (Å²) in [5.74, 6) is 13.4. The first kappa shape index (κ1) is 26.6.